The quantitative estimate of drug-likeness (QED) is 0.708. The summed E-state index contributed by atoms with van der Waals surface area (Å²) in [5, 5.41) is 9.31. The van der Waals surface area contributed by atoms with Crippen LogP contribution in [0, 0.1) is 11.3 Å². The Morgan fingerprint density at radius 1 is 1.50 bits per heavy atom. The average molecular weight is 228 g/mol. The molecular formula is C11H20N2O3. The van der Waals surface area contributed by atoms with Gasteiger partial charge in [0.05, 0.1) is 5.41 Å². The van der Waals surface area contributed by atoms with Crippen LogP contribution in [0.4, 0.5) is 0 Å². The van der Waals surface area contributed by atoms with E-state index in [1.807, 2.05) is 18.7 Å². The molecule has 1 unspecified atom stereocenters. The van der Waals surface area contributed by atoms with Crippen molar-refractivity contribution < 1.29 is 14.7 Å². The zero-order valence-corrected chi connectivity index (χ0v) is 9.90. The minimum absolute atomic E-state index is 0.101. The molecule has 0 aromatic carbocycles. The first-order valence-electron chi connectivity index (χ1n) is 5.62. The lowest BCUT2D eigenvalue weighted by Gasteiger charge is -2.28. The molecule has 1 fully saturated rings. The van der Waals surface area contributed by atoms with Crippen molar-refractivity contribution in [2.45, 2.75) is 26.7 Å². The Hall–Kier alpha value is -1.10. The first-order valence-corrected chi connectivity index (χ1v) is 5.62. The van der Waals surface area contributed by atoms with Crippen molar-refractivity contribution in [1.82, 2.24) is 4.90 Å². The van der Waals surface area contributed by atoms with Crippen LogP contribution in [0.3, 0.4) is 0 Å². The van der Waals surface area contributed by atoms with E-state index in [1.165, 1.54) is 0 Å². The molecule has 0 aromatic rings. The number of nitrogens with zero attached hydrogens (tertiary/aromatic N) is 1. The van der Waals surface area contributed by atoms with Gasteiger partial charge in [-0.3, -0.25) is 9.59 Å². The van der Waals surface area contributed by atoms with Gasteiger partial charge >= 0.3 is 5.97 Å². The molecule has 0 spiro atoms. The van der Waals surface area contributed by atoms with Crippen LogP contribution in [0.15, 0.2) is 0 Å². The van der Waals surface area contributed by atoms with Crippen LogP contribution in [0.1, 0.15) is 26.7 Å². The van der Waals surface area contributed by atoms with Crippen LogP contribution < -0.4 is 5.73 Å². The molecule has 5 heteroatoms. The highest BCUT2D eigenvalue weighted by Crippen LogP contribution is 2.38. The van der Waals surface area contributed by atoms with Crippen molar-refractivity contribution in [3.05, 3.63) is 0 Å². The number of primary amides is 1. The summed E-state index contributed by atoms with van der Waals surface area (Å²) in [4.78, 5) is 24.0. The highest BCUT2D eigenvalue weighted by Gasteiger charge is 2.46. The number of hydrogen-bond donors (Lipinski definition) is 2. The molecule has 16 heavy (non-hydrogen) atoms. The van der Waals surface area contributed by atoms with Gasteiger partial charge in [0, 0.05) is 19.5 Å². The second kappa shape index (κ2) is 4.82. The van der Waals surface area contributed by atoms with E-state index in [0.29, 0.717) is 25.9 Å². The first-order chi connectivity index (χ1) is 7.38. The Balaban J connectivity index is 2.60. The fraction of sp³-hybridized carbons (Fsp3) is 0.818. The van der Waals surface area contributed by atoms with E-state index in [-0.39, 0.29) is 11.8 Å². The molecule has 0 aromatic heterocycles. The van der Waals surface area contributed by atoms with Gasteiger partial charge in [0.1, 0.15) is 0 Å². The number of carboxylic acid groups (broad SMARTS) is 1. The SMILES string of the molecule is CC(C)C1(C(=O)O)CCN(CCC(N)=O)C1. The summed E-state index contributed by atoms with van der Waals surface area (Å²) < 4.78 is 0. The summed E-state index contributed by atoms with van der Waals surface area (Å²) in [5.41, 5.74) is 4.42. The molecule has 1 aliphatic heterocycles. The molecule has 1 atom stereocenters. The third-order valence-corrected chi connectivity index (χ3v) is 3.59. The smallest absolute Gasteiger partial charge is 0.311 e. The Labute approximate surface area is 95.6 Å². The van der Waals surface area contributed by atoms with Crippen LogP contribution in [-0.2, 0) is 9.59 Å². The maximum atomic E-state index is 11.3. The number of likely N-dealkylation sites (tertiary alicyclic amines) is 1. The number of nitrogens with two attached hydrogens (primary N) is 1. The van der Waals surface area contributed by atoms with Crippen molar-refractivity contribution in [2.24, 2.45) is 17.1 Å². The topological polar surface area (TPSA) is 83.6 Å². The van der Waals surface area contributed by atoms with E-state index in [0.717, 1.165) is 6.54 Å². The zero-order chi connectivity index (χ0) is 12.3. The predicted octanol–water partition coefficient (Wildman–Crippen LogP) is 0.295. The largest absolute Gasteiger partial charge is 0.481 e. The van der Waals surface area contributed by atoms with Crippen LogP contribution in [0.25, 0.3) is 0 Å². The fourth-order valence-corrected chi connectivity index (χ4v) is 2.27. The Morgan fingerprint density at radius 3 is 2.50 bits per heavy atom. The monoisotopic (exact) mass is 228 g/mol. The summed E-state index contributed by atoms with van der Waals surface area (Å²) in [7, 11) is 0. The Morgan fingerprint density at radius 2 is 2.12 bits per heavy atom. The number of amides is 1. The summed E-state index contributed by atoms with van der Waals surface area (Å²) in [6.45, 7) is 5.69. The van der Waals surface area contributed by atoms with Gasteiger partial charge in [0.15, 0.2) is 0 Å². The van der Waals surface area contributed by atoms with Crippen LogP contribution in [0.5, 0.6) is 0 Å². The molecule has 1 amide bonds. The van der Waals surface area contributed by atoms with Crippen molar-refractivity contribution in [1.29, 1.82) is 0 Å². The highest BCUT2D eigenvalue weighted by atomic mass is 16.4. The van der Waals surface area contributed by atoms with Gasteiger partial charge < -0.3 is 15.7 Å². The van der Waals surface area contributed by atoms with Gasteiger partial charge in [-0.2, -0.15) is 0 Å². The number of carbonyl (C=O) groups excluding carboxylic acids is 1. The molecule has 1 saturated heterocycles. The number of carboxylic acids is 1. The molecule has 1 rings (SSSR count). The summed E-state index contributed by atoms with van der Waals surface area (Å²) in [6.07, 6.45) is 0.951. The molecule has 3 N–H and O–H groups in total. The molecule has 0 bridgehead atoms. The van der Waals surface area contributed by atoms with Gasteiger partial charge in [-0.25, -0.2) is 0 Å². The lowest BCUT2D eigenvalue weighted by atomic mass is 9.76. The predicted molar refractivity (Wildman–Crippen MR) is 59.8 cm³/mol. The second-order valence-corrected chi connectivity index (χ2v) is 4.86. The molecule has 1 aliphatic rings. The second-order valence-electron chi connectivity index (χ2n) is 4.86. The Kier molecular flexibility index (Phi) is 3.91. The van der Waals surface area contributed by atoms with E-state index in [2.05, 4.69) is 0 Å². The number of aliphatic carboxylic acids is 1. The molecule has 92 valence electrons. The van der Waals surface area contributed by atoms with Crippen molar-refractivity contribution in [3.8, 4) is 0 Å². The average Bonchev–Trinajstić information content (AvgIpc) is 2.59. The minimum atomic E-state index is -0.732. The summed E-state index contributed by atoms with van der Waals surface area (Å²) >= 11 is 0. The molecule has 0 aliphatic carbocycles. The maximum absolute atomic E-state index is 11.3. The number of hydrogen-bond acceptors (Lipinski definition) is 3. The van der Waals surface area contributed by atoms with E-state index in [9.17, 15) is 14.7 Å². The van der Waals surface area contributed by atoms with E-state index < -0.39 is 11.4 Å². The van der Waals surface area contributed by atoms with Crippen LogP contribution in [0.2, 0.25) is 0 Å². The van der Waals surface area contributed by atoms with Gasteiger partial charge in [-0.1, -0.05) is 13.8 Å². The molecule has 0 radical (unpaired) electrons. The van der Waals surface area contributed by atoms with Gasteiger partial charge in [-0.05, 0) is 18.9 Å². The van der Waals surface area contributed by atoms with Crippen molar-refractivity contribution in [3.63, 3.8) is 0 Å². The van der Waals surface area contributed by atoms with Gasteiger partial charge in [-0.15, -0.1) is 0 Å². The molecular weight excluding hydrogens is 208 g/mol. The summed E-state index contributed by atoms with van der Waals surface area (Å²) in [6, 6.07) is 0. The third-order valence-electron chi connectivity index (χ3n) is 3.59. The molecule has 5 nitrogen and oxygen atoms in total. The number of rotatable bonds is 5. The normalized spacial score (nSPS) is 26.2. The van der Waals surface area contributed by atoms with E-state index in [4.69, 9.17) is 5.73 Å². The lowest BCUT2D eigenvalue weighted by Crippen LogP contribution is -2.39. The minimum Gasteiger partial charge on any atom is -0.481 e. The first kappa shape index (κ1) is 13.0. The van der Waals surface area contributed by atoms with Crippen LogP contribution in [-0.4, -0.2) is 41.5 Å². The van der Waals surface area contributed by atoms with Crippen LogP contribution >= 0.6 is 0 Å². The van der Waals surface area contributed by atoms with Gasteiger partial charge in [0.25, 0.3) is 0 Å². The number of carbonyl (C=O) groups is 2. The molecule has 0 saturated carbocycles. The van der Waals surface area contributed by atoms with Gasteiger partial charge in [0.2, 0.25) is 5.91 Å². The van der Waals surface area contributed by atoms with Crippen molar-refractivity contribution >= 4 is 11.9 Å². The highest BCUT2D eigenvalue weighted by molar-refractivity contribution is 5.76. The lowest BCUT2D eigenvalue weighted by molar-refractivity contribution is -0.151. The molecule has 1 heterocycles. The summed E-state index contributed by atoms with van der Waals surface area (Å²) in [5.74, 6) is -0.968. The third kappa shape index (κ3) is 2.52. The van der Waals surface area contributed by atoms with Crippen molar-refractivity contribution in [2.75, 3.05) is 19.6 Å². The Bertz CT molecular complexity index is 291. The maximum Gasteiger partial charge on any atom is 0.311 e. The fourth-order valence-electron chi connectivity index (χ4n) is 2.27. The standard InChI is InChI=1S/C11H20N2O3/c1-8(2)11(10(15)16)4-6-13(7-11)5-3-9(12)14/h8H,3-7H2,1-2H3,(H2,12,14)(H,15,16). The van der Waals surface area contributed by atoms with E-state index in [1.54, 1.807) is 0 Å². The zero-order valence-electron chi connectivity index (χ0n) is 9.90. The van der Waals surface area contributed by atoms with E-state index >= 15 is 0 Å².